The van der Waals surface area contributed by atoms with Crippen LogP contribution in [0.5, 0.6) is 0 Å². The molecule has 1 spiro atoms. The molecule has 508 valence electrons. The Kier molecular flexibility index (Phi) is 26.1. The van der Waals surface area contributed by atoms with Gasteiger partial charge in [0.1, 0.15) is 41.8 Å². The summed E-state index contributed by atoms with van der Waals surface area (Å²) < 4.78 is 41.3. The fourth-order valence-corrected chi connectivity index (χ4v) is 14.0. The number of rotatable bonds is 10. The van der Waals surface area contributed by atoms with Gasteiger partial charge in [0, 0.05) is 61.3 Å². The summed E-state index contributed by atoms with van der Waals surface area (Å²) in [6.07, 6.45) is 4.54. The maximum Gasteiger partial charge on any atom is 0.417 e. The van der Waals surface area contributed by atoms with Crippen molar-refractivity contribution in [3.8, 4) is 0 Å². The number of aryl methyl sites for hydroxylation is 1. The summed E-state index contributed by atoms with van der Waals surface area (Å²) in [6.45, 7) is 7.53. The molecule has 8 atom stereocenters. The van der Waals surface area contributed by atoms with E-state index in [1.807, 2.05) is 20.8 Å². The summed E-state index contributed by atoms with van der Waals surface area (Å²) in [5.41, 5.74) is -2.20. The Bertz CT molecular complexity index is 2810. The first kappa shape index (κ1) is 73.5. The molecule has 1 aromatic rings. The number of fused-ring (bicyclic) bond motifs is 1. The van der Waals surface area contributed by atoms with Gasteiger partial charge in [-0.25, -0.2) is 0 Å². The van der Waals surface area contributed by atoms with Gasteiger partial charge in [0.05, 0.1) is 30.2 Å². The van der Waals surface area contributed by atoms with Crippen LogP contribution in [0.4, 0.5) is 13.2 Å². The number of likely N-dealkylation sites (N-methyl/N-ethyl adjacent to an activating group) is 6. The minimum atomic E-state index is -4.74. The van der Waals surface area contributed by atoms with E-state index < -0.39 is 155 Å². The molecule has 11 amide bonds. The van der Waals surface area contributed by atoms with E-state index in [1.54, 1.807) is 13.8 Å². The molecule has 0 radical (unpaired) electrons. The zero-order chi connectivity index (χ0) is 67.4. The molecule has 3 saturated carbocycles. The Morgan fingerprint density at radius 2 is 1.26 bits per heavy atom. The van der Waals surface area contributed by atoms with Crippen molar-refractivity contribution in [3.05, 3.63) is 34.3 Å². The normalized spacial score (nSPS) is 27.1. The van der Waals surface area contributed by atoms with Crippen molar-refractivity contribution in [3.63, 3.8) is 0 Å². The molecule has 5 aliphatic rings. The van der Waals surface area contributed by atoms with Crippen LogP contribution >= 0.6 is 11.6 Å². The Labute approximate surface area is 539 Å². The van der Waals surface area contributed by atoms with E-state index in [2.05, 4.69) is 21.3 Å². The number of benzene rings is 1. The van der Waals surface area contributed by atoms with Gasteiger partial charge in [0.15, 0.2) is 0 Å². The van der Waals surface area contributed by atoms with E-state index >= 15 is 4.79 Å². The number of alkyl halides is 3. The van der Waals surface area contributed by atoms with Gasteiger partial charge >= 0.3 is 6.18 Å². The smallest absolute Gasteiger partial charge is 0.351 e. The van der Waals surface area contributed by atoms with Crippen LogP contribution < -0.4 is 21.3 Å². The summed E-state index contributed by atoms with van der Waals surface area (Å²) in [4.78, 5) is 168. The zero-order valence-electron chi connectivity index (χ0n) is 55.2. The lowest BCUT2D eigenvalue weighted by Crippen LogP contribution is -2.68. The van der Waals surface area contributed by atoms with E-state index in [0.29, 0.717) is 37.7 Å². The summed E-state index contributed by atoms with van der Waals surface area (Å²) >= 11 is 6.11. The molecule has 3 aliphatic carbocycles. The van der Waals surface area contributed by atoms with Crippen LogP contribution in [0, 0.1) is 23.7 Å². The van der Waals surface area contributed by atoms with E-state index in [1.165, 1.54) is 72.9 Å². The fourth-order valence-electron chi connectivity index (χ4n) is 13.6. The molecule has 26 heteroatoms. The molecular weight excluding hydrogens is 1200 g/mol. The predicted molar refractivity (Wildman–Crippen MR) is 335 cm³/mol. The van der Waals surface area contributed by atoms with E-state index in [-0.39, 0.29) is 75.7 Å². The largest absolute Gasteiger partial charge is 0.417 e. The first-order valence-corrected chi connectivity index (χ1v) is 33.1. The highest BCUT2D eigenvalue weighted by Crippen LogP contribution is 2.39. The molecule has 2 aliphatic heterocycles. The highest BCUT2D eigenvalue weighted by atomic mass is 35.5. The fraction of sp³-hybridized carbons (Fsp3) is 0.738. The van der Waals surface area contributed by atoms with Gasteiger partial charge in [-0.2, -0.15) is 13.2 Å². The lowest BCUT2D eigenvalue weighted by Gasteiger charge is -2.46. The van der Waals surface area contributed by atoms with Crippen LogP contribution in [-0.2, 0) is 65.3 Å². The summed E-state index contributed by atoms with van der Waals surface area (Å²) in [6, 6.07) is -4.42. The van der Waals surface area contributed by atoms with Crippen LogP contribution in [0.15, 0.2) is 18.2 Å². The second kappa shape index (κ2) is 32.4. The topological polar surface area (TPSA) is 259 Å². The van der Waals surface area contributed by atoms with E-state index in [9.17, 15) is 61.1 Å². The zero-order valence-corrected chi connectivity index (χ0v) is 55.9. The van der Waals surface area contributed by atoms with Crippen LogP contribution in [0.1, 0.15) is 168 Å². The Hall–Kier alpha value is -6.53. The van der Waals surface area contributed by atoms with Crippen LogP contribution in [0.3, 0.4) is 0 Å². The van der Waals surface area contributed by atoms with E-state index in [0.717, 1.165) is 66.9 Å². The van der Waals surface area contributed by atoms with Crippen LogP contribution in [0.2, 0.25) is 5.02 Å². The number of nitrogens with zero attached hydrogens (tertiary/aromatic N) is 7. The molecule has 6 rings (SSSR count). The highest BCUT2D eigenvalue weighted by molar-refractivity contribution is 6.31. The van der Waals surface area contributed by atoms with Gasteiger partial charge in [-0.15, -0.1) is 0 Å². The van der Waals surface area contributed by atoms with Crippen molar-refractivity contribution in [1.82, 2.24) is 55.6 Å². The van der Waals surface area contributed by atoms with Crippen molar-refractivity contribution in [2.75, 3.05) is 68.5 Å². The standard InChI is InChI=1S/C65H99ClF3N11O11/c1-12-40(4)55-62(90)76(8)37-53(83)74(6)38-54(84)78(10)50(35-42-20-14-13-15-21-42)61(89)75(7)36-51(81)71-47(28-26-43-25-27-45(46(66)34-43)65(67,68)69)60(88)80-31-18-24-48(80)58(86)73-64(29-19-30-64)63(91)79(11)56(44-22-16-17-23-44)59(87)70-41(5)33-52(82)77(9)49(32-39(2)3)57(85)72-55/h25,27,34,39-42,44,47-50,55-56H,12-24,26,28-33,35-38H2,1-11H3,(H,70,87)(H,71,81)(H,72,85)(H,73,86)/t40-,41+,47-,48-,49-,50-,55-,56-/m0/s1. The second-order valence-electron chi connectivity index (χ2n) is 27.0. The molecule has 5 fully saturated rings. The molecule has 22 nitrogen and oxygen atoms in total. The summed E-state index contributed by atoms with van der Waals surface area (Å²) in [5.74, 6) is -7.40. The first-order valence-electron chi connectivity index (χ1n) is 32.7. The van der Waals surface area contributed by atoms with Gasteiger partial charge in [-0.3, -0.25) is 52.7 Å². The number of carbonyl (C=O) groups is 11. The number of nitrogens with one attached hydrogen (secondary N) is 4. The Morgan fingerprint density at radius 3 is 1.86 bits per heavy atom. The number of halogens is 4. The maximum absolute atomic E-state index is 15.0. The first-order chi connectivity index (χ1) is 42.8. The van der Waals surface area contributed by atoms with Crippen molar-refractivity contribution < 1.29 is 65.9 Å². The third kappa shape index (κ3) is 18.8. The van der Waals surface area contributed by atoms with Crippen LogP contribution in [-0.4, -0.2) is 216 Å². The average Bonchev–Trinajstić information content (AvgIpc) is 1.44. The molecule has 0 aromatic heterocycles. The molecule has 1 aromatic carbocycles. The molecule has 4 N–H and O–H groups in total. The average molecular weight is 1300 g/mol. The van der Waals surface area contributed by atoms with Crippen molar-refractivity contribution in [1.29, 1.82) is 0 Å². The third-order valence-corrected chi connectivity index (χ3v) is 19.9. The number of hydrogen-bond donors (Lipinski definition) is 4. The van der Waals surface area contributed by atoms with Gasteiger partial charge in [-0.05, 0) is 119 Å². The lowest BCUT2D eigenvalue weighted by molar-refractivity contribution is -0.152. The van der Waals surface area contributed by atoms with Crippen molar-refractivity contribution in [2.45, 2.75) is 217 Å². The minimum absolute atomic E-state index is 0.0362. The summed E-state index contributed by atoms with van der Waals surface area (Å²) in [7, 11) is 8.63. The molecule has 2 heterocycles. The molecule has 2 saturated heterocycles. The maximum atomic E-state index is 15.0. The quantitative estimate of drug-likeness (QED) is 0.234. The predicted octanol–water partition coefficient (Wildman–Crippen LogP) is 5.31. The molecule has 91 heavy (non-hydrogen) atoms. The van der Waals surface area contributed by atoms with Crippen molar-refractivity contribution in [2.24, 2.45) is 23.7 Å². The lowest BCUT2D eigenvalue weighted by atomic mass is 9.74. The van der Waals surface area contributed by atoms with Gasteiger partial charge in [0.2, 0.25) is 65.0 Å². The molecular formula is C65H99ClF3N11O11. The highest BCUT2D eigenvalue weighted by Gasteiger charge is 2.52. The van der Waals surface area contributed by atoms with Crippen molar-refractivity contribution >= 4 is 76.6 Å². The van der Waals surface area contributed by atoms with Crippen LogP contribution in [0.25, 0.3) is 0 Å². The minimum Gasteiger partial charge on any atom is -0.351 e. The molecule has 0 bridgehead atoms. The van der Waals surface area contributed by atoms with Gasteiger partial charge in [-0.1, -0.05) is 96.7 Å². The SMILES string of the molecule is CC[C@H](C)[C@@H]1NC(=O)[C@H](CC(C)C)N(C)C(=O)C[C@@H](C)NC(=O)[C@H](C2CCCC2)N(C)C(=O)C2(CCC2)NC(=O)[C@@H]2CCCN2C(=O)[C@H](CCc2ccc(C(F)(F)F)c(Cl)c2)NC(=O)CN(C)C(=O)[C@H](CC2CCCCC2)N(C)C(=O)CN(C)C(=O)CN(C)C1=O. The van der Waals surface area contributed by atoms with Gasteiger partial charge in [0.25, 0.3) is 0 Å². The van der Waals surface area contributed by atoms with E-state index in [4.69, 9.17) is 11.6 Å². The monoisotopic (exact) mass is 1300 g/mol. The molecule has 0 unspecified atom stereocenters. The summed E-state index contributed by atoms with van der Waals surface area (Å²) in [5, 5.41) is 11.0. The Morgan fingerprint density at radius 1 is 0.648 bits per heavy atom. The number of carbonyl (C=O) groups excluding carboxylic acids is 11. The van der Waals surface area contributed by atoms with Gasteiger partial charge < -0.3 is 55.6 Å². The Balaban J connectivity index is 1.35. The number of hydrogen-bond acceptors (Lipinski definition) is 11. The number of amides is 11. The third-order valence-electron chi connectivity index (χ3n) is 19.6. The second-order valence-corrected chi connectivity index (χ2v) is 27.4.